The van der Waals surface area contributed by atoms with E-state index in [-0.39, 0.29) is 6.04 Å². The molecule has 2 atom stereocenters. The molecule has 1 aliphatic heterocycles. The van der Waals surface area contributed by atoms with Crippen molar-refractivity contribution in [2.45, 2.75) is 25.1 Å². The second-order valence-corrected chi connectivity index (χ2v) is 6.60. The number of aryl methyl sites for hydroxylation is 1. The number of hydrogen-bond donors (Lipinski definition) is 2. The number of likely N-dealkylation sites (tertiary alicyclic amines) is 1. The minimum atomic E-state index is -0.871. The van der Waals surface area contributed by atoms with Crippen molar-refractivity contribution < 1.29 is 4.39 Å². The molecule has 138 valence electrons. The van der Waals surface area contributed by atoms with Crippen LogP contribution in [-0.2, 0) is 7.05 Å². The molecule has 1 fully saturated rings. The molecular weight excluding hydrogens is 359 g/mol. The van der Waals surface area contributed by atoms with Crippen molar-refractivity contribution in [2.24, 2.45) is 7.05 Å². The number of nitrogens with one attached hydrogen (secondary N) is 2. The van der Waals surface area contributed by atoms with Gasteiger partial charge in [0, 0.05) is 45.3 Å². The van der Waals surface area contributed by atoms with Crippen LogP contribution < -0.4 is 10.6 Å². The molecule has 3 rings (SSSR count). The zero-order chi connectivity index (χ0) is 18.5. The first-order valence-corrected chi connectivity index (χ1v) is 8.70. The van der Waals surface area contributed by atoms with Crippen LogP contribution in [0.5, 0.6) is 0 Å². The van der Waals surface area contributed by atoms with E-state index in [1.807, 2.05) is 11.9 Å². The fourth-order valence-corrected chi connectivity index (χ4v) is 3.14. The number of hydrogen-bond acceptors (Lipinski definition) is 7. The van der Waals surface area contributed by atoms with Crippen molar-refractivity contribution >= 4 is 29.1 Å². The summed E-state index contributed by atoms with van der Waals surface area (Å²) in [6.07, 6.45) is 4.92. The minimum absolute atomic E-state index is 0.000820. The van der Waals surface area contributed by atoms with Gasteiger partial charge in [-0.05, 0) is 6.42 Å². The summed E-state index contributed by atoms with van der Waals surface area (Å²) in [7, 11) is 1.82. The molecule has 0 saturated carbocycles. The normalized spacial score (nSPS) is 20.1. The Balaban J connectivity index is 1.63. The van der Waals surface area contributed by atoms with Crippen molar-refractivity contribution in [3.8, 4) is 6.07 Å². The highest BCUT2D eigenvalue weighted by molar-refractivity contribution is 6.32. The van der Waals surface area contributed by atoms with E-state index < -0.39 is 6.17 Å². The molecule has 0 spiro atoms. The second-order valence-electron chi connectivity index (χ2n) is 6.19. The zero-order valence-corrected chi connectivity index (χ0v) is 15.1. The zero-order valence-electron chi connectivity index (χ0n) is 14.4. The van der Waals surface area contributed by atoms with E-state index in [1.54, 1.807) is 17.1 Å². The smallest absolute Gasteiger partial charge is 0.229 e. The van der Waals surface area contributed by atoms with Crippen LogP contribution in [0.25, 0.3) is 0 Å². The van der Waals surface area contributed by atoms with Crippen molar-refractivity contribution in [1.29, 1.82) is 5.26 Å². The fourth-order valence-electron chi connectivity index (χ4n) is 2.98. The predicted molar refractivity (Wildman–Crippen MR) is 97.1 cm³/mol. The fraction of sp³-hybridized carbons (Fsp3) is 0.500. The van der Waals surface area contributed by atoms with E-state index in [9.17, 15) is 4.39 Å². The maximum absolute atomic E-state index is 13.7. The summed E-state index contributed by atoms with van der Waals surface area (Å²) in [6.45, 7) is 1.42. The predicted octanol–water partition coefficient (Wildman–Crippen LogP) is 2.35. The average molecular weight is 379 g/mol. The molecule has 0 aromatic carbocycles. The number of rotatable bonds is 7. The van der Waals surface area contributed by atoms with E-state index in [1.165, 1.54) is 6.20 Å². The van der Waals surface area contributed by atoms with Gasteiger partial charge in [0.15, 0.2) is 5.82 Å². The third-order valence-electron chi connectivity index (χ3n) is 4.20. The molecule has 2 N–H and O–H groups in total. The Morgan fingerprint density at radius 3 is 3.04 bits per heavy atom. The van der Waals surface area contributed by atoms with Gasteiger partial charge < -0.3 is 10.6 Å². The highest BCUT2D eigenvalue weighted by atomic mass is 35.5. The Morgan fingerprint density at radius 2 is 2.31 bits per heavy atom. The maximum atomic E-state index is 13.7. The molecular formula is C16H20ClFN8. The lowest BCUT2D eigenvalue weighted by Gasteiger charge is -2.23. The monoisotopic (exact) mass is 378 g/mol. The van der Waals surface area contributed by atoms with Gasteiger partial charge in [-0.1, -0.05) is 11.6 Å². The first kappa shape index (κ1) is 18.4. The lowest BCUT2D eigenvalue weighted by atomic mass is 10.2. The second kappa shape index (κ2) is 8.29. The average Bonchev–Trinajstić information content (AvgIpc) is 3.18. The molecule has 0 aliphatic carbocycles. The Kier molecular flexibility index (Phi) is 5.85. The molecule has 3 heterocycles. The van der Waals surface area contributed by atoms with Crippen LogP contribution in [0.15, 0.2) is 18.6 Å². The van der Waals surface area contributed by atoms with Gasteiger partial charge in [-0.2, -0.15) is 15.3 Å². The van der Waals surface area contributed by atoms with Crippen LogP contribution >= 0.6 is 11.6 Å². The third kappa shape index (κ3) is 4.59. The first-order chi connectivity index (χ1) is 12.5. The molecule has 1 aliphatic rings. The Bertz CT molecular complexity index is 789. The SMILES string of the molecule is Cn1cc(Nc2ncc(Cl)c(NCC3CC(F)CN3CCC#N)n2)cn1. The summed E-state index contributed by atoms with van der Waals surface area (Å²) in [5.41, 5.74) is 0.763. The molecule has 26 heavy (non-hydrogen) atoms. The largest absolute Gasteiger partial charge is 0.367 e. The summed E-state index contributed by atoms with van der Waals surface area (Å²) in [4.78, 5) is 10.5. The topological polar surface area (TPSA) is 94.7 Å². The van der Waals surface area contributed by atoms with Crippen molar-refractivity contribution in [1.82, 2.24) is 24.6 Å². The lowest BCUT2D eigenvalue weighted by Crippen LogP contribution is -2.35. The standard InChI is InChI=1S/C16H20ClFN8/c1-25-10-12(6-22-25)23-16-21-8-14(17)15(24-16)20-7-13-5-11(18)9-26(13)4-2-3-19/h6,8,10-11,13H,2,4-5,7,9H2,1H3,(H2,20,21,23,24). The number of anilines is 3. The first-order valence-electron chi connectivity index (χ1n) is 8.32. The molecule has 0 radical (unpaired) electrons. The summed E-state index contributed by atoms with van der Waals surface area (Å²) >= 11 is 6.17. The van der Waals surface area contributed by atoms with Crippen LogP contribution in [0.1, 0.15) is 12.8 Å². The maximum Gasteiger partial charge on any atom is 0.229 e. The molecule has 2 aromatic heterocycles. The number of aromatic nitrogens is 4. The van der Waals surface area contributed by atoms with E-state index >= 15 is 0 Å². The Morgan fingerprint density at radius 1 is 1.46 bits per heavy atom. The molecule has 1 saturated heterocycles. The number of alkyl halides is 1. The third-order valence-corrected chi connectivity index (χ3v) is 4.47. The summed E-state index contributed by atoms with van der Waals surface area (Å²) in [5, 5.41) is 19.4. The number of halogens is 2. The minimum Gasteiger partial charge on any atom is -0.367 e. The van der Waals surface area contributed by atoms with Crippen LogP contribution in [-0.4, -0.2) is 56.5 Å². The molecule has 8 nitrogen and oxygen atoms in total. The Labute approximate surface area is 156 Å². The number of nitriles is 1. The van der Waals surface area contributed by atoms with Gasteiger partial charge in [-0.25, -0.2) is 9.37 Å². The van der Waals surface area contributed by atoms with Crippen molar-refractivity contribution in [2.75, 3.05) is 30.3 Å². The van der Waals surface area contributed by atoms with Crippen LogP contribution in [0.3, 0.4) is 0 Å². The van der Waals surface area contributed by atoms with Crippen LogP contribution in [0, 0.1) is 11.3 Å². The van der Waals surface area contributed by atoms with E-state index in [2.05, 4.69) is 31.8 Å². The van der Waals surface area contributed by atoms with Crippen molar-refractivity contribution in [3.05, 3.63) is 23.6 Å². The van der Waals surface area contributed by atoms with Crippen molar-refractivity contribution in [3.63, 3.8) is 0 Å². The molecule has 2 unspecified atom stereocenters. The van der Waals surface area contributed by atoms with Gasteiger partial charge in [-0.15, -0.1) is 0 Å². The summed E-state index contributed by atoms with van der Waals surface area (Å²) in [6, 6.07) is 2.10. The van der Waals surface area contributed by atoms with Crippen LogP contribution in [0.2, 0.25) is 5.02 Å². The summed E-state index contributed by atoms with van der Waals surface area (Å²) in [5.74, 6) is 0.872. The van der Waals surface area contributed by atoms with Crippen LogP contribution in [0.4, 0.5) is 21.8 Å². The highest BCUT2D eigenvalue weighted by Crippen LogP contribution is 2.24. The summed E-state index contributed by atoms with van der Waals surface area (Å²) < 4.78 is 15.4. The van der Waals surface area contributed by atoms with Gasteiger partial charge >= 0.3 is 0 Å². The van der Waals surface area contributed by atoms with Gasteiger partial charge in [0.25, 0.3) is 0 Å². The Hall–Kier alpha value is -2.44. The van der Waals surface area contributed by atoms with E-state index in [0.717, 1.165) is 5.69 Å². The van der Waals surface area contributed by atoms with E-state index in [4.69, 9.17) is 16.9 Å². The van der Waals surface area contributed by atoms with Gasteiger partial charge in [0.05, 0.1) is 24.2 Å². The van der Waals surface area contributed by atoms with Gasteiger partial charge in [-0.3, -0.25) is 9.58 Å². The highest BCUT2D eigenvalue weighted by Gasteiger charge is 2.31. The molecule has 0 amide bonds. The quantitative estimate of drug-likeness (QED) is 0.763. The van der Waals surface area contributed by atoms with Gasteiger partial charge in [0.2, 0.25) is 5.95 Å². The molecule has 0 bridgehead atoms. The lowest BCUT2D eigenvalue weighted by molar-refractivity contribution is 0.255. The number of nitrogens with zero attached hydrogens (tertiary/aromatic N) is 6. The van der Waals surface area contributed by atoms with Gasteiger partial charge in [0.1, 0.15) is 11.2 Å². The molecule has 10 heteroatoms. The molecule has 2 aromatic rings. The van der Waals surface area contributed by atoms with E-state index in [0.29, 0.717) is 49.3 Å².